The maximum Gasteiger partial charge on any atom is 0.240 e. The summed E-state index contributed by atoms with van der Waals surface area (Å²) >= 11 is 4.93. The molecule has 1 aromatic carbocycles. The molecule has 0 aliphatic heterocycles. The SMILES string of the molecule is Cc1cc(S(=O)(=O)NC2CCC(C)C2)ccc1C(N)=S. The van der Waals surface area contributed by atoms with Crippen LogP contribution in [0.5, 0.6) is 0 Å². The Morgan fingerprint density at radius 3 is 2.60 bits per heavy atom. The lowest BCUT2D eigenvalue weighted by Gasteiger charge is -2.14. The van der Waals surface area contributed by atoms with Crippen molar-refractivity contribution < 1.29 is 8.42 Å². The summed E-state index contributed by atoms with van der Waals surface area (Å²) in [5.74, 6) is 0.585. The first-order valence-electron chi connectivity index (χ1n) is 6.72. The van der Waals surface area contributed by atoms with Gasteiger partial charge in [0.2, 0.25) is 10.0 Å². The first-order valence-corrected chi connectivity index (χ1v) is 8.61. The van der Waals surface area contributed by atoms with Gasteiger partial charge in [-0.2, -0.15) is 0 Å². The molecule has 110 valence electrons. The zero-order chi connectivity index (χ0) is 14.9. The molecule has 0 radical (unpaired) electrons. The number of hydrogen-bond donors (Lipinski definition) is 2. The molecular weight excluding hydrogens is 292 g/mol. The molecule has 1 aromatic rings. The first kappa shape index (κ1) is 15.4. The number of rotatable bonds is 4. The summed E-state index contributed by atoms with van der Waals surface area (Å²) in [5, 5.41) is 0. The smallest absolute Gasteiger partial charge is 0.240 e. The average molecular weight is 312 g/mol. The van der Waals surface area contributed by atoms with Gasteiger partial charge in [-0.05, 0) is 49.8 Å². The summed E-state index contributed by atoms with van der Waals surface area (Å²) < 4.78 is 27.5. The van der Waals surface area contributed by atoms with Gasteiger partial charge in [0.05, 0.1) is 4.90 Å². The fourth-order valence-corrected chi connectivity index (χ4v) is 4.28. The quantitative estimate of drug-likeness (QED) is 0.835. The third-order valence-electron chi connectivity index (χ3n) is 3.79. The Balaban J connectivity index is 2.21. The lowest BCUT2D eigenvalue weighted by molar-refractivity contribution is 0.538. The number of nitrogens with one attached hydrogen (secondary N) is 1. The number of hydrogen-bond acceptors (Lipinski definition) is 3. The molecule has 20 heavy (non-hydrogen) atoms. The Morgan fingerprint density at radius 2 is 2.10 bits per heavy atom. The molecule has 6 heteroatoms. The van der Waals surface area contributed by atoms with Gasteiger partial charge < -0.3 is 5.73 Å². The van der Waals surface area contributed by atoms with Crippen molar-refractivity contribution in [1.29, 1.82) is 0 Å². The summed E-state index contributed by atoms with van der Waals surface area (Å²) in [4.78, 5) is 0.554. The fourth-order valence-electron chi connectivity index (χ4n) is 2.68. The largest absolute Gasteiger partial charge is 0.389 e. The van der Waals surface area contributed by atoms with E-state index < -0.39 is 10.0 Å². The van der Waals surface area contributed by atoms with Crippen molar-refractivity contribution in [2.24, 2.45) is 11.7 Å². The molecule has 1 fully saturated rings. The summed E-state index contributed by atoms with van der Waals surface area (Å²) in [6.45, 7) is 3.96. The highest BCUT2D eigenvalue weighted by Gasteiger charge is 2.26. The average Bonchev–Trinajstić information content (AvgIpc) is 2.73. The van der Waals surface area contributed by atoms with E-state index in [-0.39, 0.29) is 15.9 Å². The van der Waals surface area contributed by atoms with Crippen molar-refractivity contribution in [2.75, 3.05) is 0 Å². The van der Waals surface area contributed by atoms with Gasteiger partial charge in [-0.15, -0.1) is 0 Å². The molecule has 2 unspecified atom stereocenters. The Kier molecular flexibility index (Phi) is 4.46. The predicted molar refractivity (Wildman–Crippen MR) is 84.2 cm³/mol. The van der Waals surface area contributed by atoms with Crippen LogP contribution >= 0.6 is 12.2 Å². The Hall–Kier alpha value is -0.980. The van der Waals surface area contributed by atoms with E-state index in [1.807, 2.05) is 6.92 Å². The zero-order valence-electron chi connectivity index (χ0n) is 11.7. The van der Waals surface area contributed by atoms with Gasteiger partial charge in [0.1, 0.15) is 4.99 Å². The van der Waals surface area contributed by atoms with Crippen LogP contribution in [0.1, 0.15) is 37.3 Å². The zero-order valence-corrected chi connectivity index (χ0v) is 13.4. The van der Waals surface area contributed by atoms with Crippen LogP contribution in [0.4, 0.5) is 0 Å². The van der Waals surface area contributed by atoms with E-state index in [1.54, 1.807) is 18.2 Å². The molecule has 3 N–H and O–H groups in total. The predicted octanol–water partition coefficient (Wildman–Crippen LogP) is 2.10. The second kappa shape index (κ2) is 5.79. The van der Waals surface area contributed by atoms with Gasteiger partial charge in [0, 0.05) is 11.6 Å². The number of nitrogens with two attached hydrogens (primary N) is 1. The van der Waals surface area contributed by atoms with Gasteiger partial charge in [-0.25, -0.2) is 13.1 Å². The van der Waals surface area contributed by atoms with Crippen LogP contribution in [0.2, 0.25) is 0 Å². The monoisotopic (exact) mass is 312 g/mol. The van der Waals surface area contributed by atoms with Crippen molar-refractivity contribution >= 4 is 27.2 Å². The molecular formula is C14H20N2O2S2. The standard InChI is InChI=1S/C14H20N2O2S2/c1-9-3-4-11(7-9)16-20(17,18)12-5-6-13(14(15)19)10(2)8-12/h5-6,8-9,11,16H,3-4,7H2,1-2H3,(H2,15,19). The van der Waals surface area contributed by atoms with Crippen molar-refractivity contribution in [2.45, 2.75) is 44.0 Å². The highest BCUT2D eigenvalue weighted by Crippen LogP contribution is 2.26. The highest BCUT2D eigenvalue weighted by atomic mass is 32.2. The van der Waals surface area contributed by atoms with E-state index in [0.717, 1.165) is 24.8 Å². The van der Waals surface area contributed by atoms with Crippen molar-refractivity contribution in [3.63, 3.8) is 0 Å². The van der Waals surface area contributed by atoms with Crippen LogP contribution in [0.15, 0.2) is 23.1 Å². The van der Waals surface area contributed by atoms with Gasteiger partial charge in [0.15, 0.2) is 0 Å². The number of aryl methyl sites for hydroxylation is 1. The van der Waals surface area contributed by atoms with Gasteiger partial charge >= 0.3 is 0 Å². The minimum absolute atomic E-state index is 0.0468. The number of thiocarbonyl (C=S) groups is 1. The summed E-state index contributed by atoms with van der Waals surface area (Å²) in [5.41, 5.74) is 7.08. The Morgan fingerprint density at radius 1 is 1.40 bits per heavy atom. The molecule has 0 spiro atoms. The number of benzene rings is 1. The number of sulfonamides is 1. The van der Waals surface area contributed by atoms with Gasteiger partial charge in [-0.3, -0.25) is 0 Å². The van der Waals surface area contributed by atoms with Crippen molar-refractivity contribution in [3.05, 3.63) is 29.3 Å². The van der Waals surface area contributed by atoms with Crippen LogP contribution in [-0.2, 0) is 10.0 Å². The van der Waals surface area contributed by atoms with E-state index in [4.69, 9.17) is 18.0 Å². The molecule has 0 aromatic heterocycles. The maximum absolute atomic E-state index is 12.4. The van der Waals surface area contributed by atoms with Crippen LogP contribution in [0.3, 0.4) is 0 Å². The van der Waals surface area contributed by atoms with E-state index in [9.17, 15) is 8.42 Å². The minimum Gasteiger partial charge on any atom is -0.389 e. The second-order valence-electron chi connectivity index (χ2n) is 5.58. The normalized spacial score (nSPS) is 22.9. The third-order valence-corrected chi connectivity index (χ3v) is 5.53. The van der Waals surface area contributed by atoms with Crippen molar-refractivity contribution in [3.8, 4) is 0 Å². The molecule has 2 atom stereocenters. The van der Waals surface area contributed by atoms with Crippen molar-refractivity contribution in [1.82, 2.24) is 4.72 Å². The lowest BCUT2D eigenvalue weighted by atomic mass is 10.1. The van der Waals surface area contributed by atoms with Crippen LogP contribution in [0, 0.1) is 12.8 Å². The first-order chi connectivity index (χ1) is 9.29. The molecule has 0 heterocycles. The van der Waals surface area contributed by atoms with E-state index >= 15 is 0 Å². The molecule has 1 aliphatic carbocycles. The van der Waals surface area contributed by atoms with E-state index in [2.05, 4.69) is 11.6 Å². The third kappa shape index (κ3) is 3.37. The van der Waals surface area contributed by atoms with Crippen LogP contribution < -0.4 is 10.5 Å². The highest BCUT2D eigenvalue weighted by molar-refractivity contribution is 7.89. The van der Waals surface area contributed by atoms with Crippen LogP contribution in [0.25, 0.3) is 0 Å². The van der Waals surface area contributed by atoms with E-state index in [1.165, 1.54) is 0 Å². The Labute approximate surface area is 125 Å². The molecule has 2 rings (SSSR count). The molecule has 0 saturated heterocycles. The minimum atomic E-state index is -3.47. The maximum atomic E-state index is 12.4. The molecule has 1 aliphatic rings. The van der Waals surface area contributed by atoms with Gasteiger partial charge in [-0.1, -0.05) is 25.2 Å². The lowest BCUT2D eigenvalue weighted by Crippen LogP contribution is -2.33. The second-order valence-corrected chi connectivity index (χ2v) is 7.73. The molecule has 1 saturated carbocycles. The summed E-state index contributed by atoms with van der Waals surface area (Å²) in [6, 6.07) is 4.89. The molecule has 4 nitrogen and oxygen atoms in total. The fraction of sp³-hybridized carbons (Fsp3) is 0.500. The van der Waals surface area contributed by atoms with Gasteiger partial charge in [0.25, 0.3) is 0 Å². The summed E-state index contributed by atoms with van der Waals surface area (Å²) in [7, 11) is -3.47. The van der Waals surface area contributed by atoms with E-state index in [0.29, 0.717) is 11.5 Å². The van der Waals surface area contributed by atoms with Crippen LogP contribution in [-0.4, -0.2) is 19.4 Å². The topological polar surface area (TPSA) is 72.2 Å². The Bertz CT molecular complexity index is 626. The molecule has 0 amide bonds. The summed E-state index contributed by atoms with van der Waals surface area (Å²) in [6.07, 6.45) is 2.89. The molecule has 0 bridgehead atoms.